The molecule has 1 saturated heterocycles. The standard InChI is InChI=1S/C16H25IN2/c1-3-9-19-10-4-5-15(8-11-19)18-16-7-6-14(17)12-13(16)2/h6-7,12,15,18H,3-5,8-11H2,1-2H3. The van der Waals surface area contributed by atoms with Crippen LogP contribution in [-0.4, -0.2) is 30.6 Å². The summed E-state index contributed by atoms with van der Waals surface area (Å²) in [5, 5.41) is 3.75. The van der Waals surface area contributed by atoms with E-state index in [0.29, 0.717) is 6.04 Å². The zero-order valence-electron chi connectivity index (χ0n) is 12.1. The van der Waals surface area contributed by atoms with Crippen molar-refractivity contribution in [2.24, 2.45) is 0 Å². The number of hydrogen-bond donors (Lipinski definition) is 1. The SMILES string of the molecule is CCCN1CCCC(Nc2ccc(I)cc2C)CC1. The third-order valence-electron chi connectivity index (χ3n) is 3.91. The van der Waals surface area contributed by atoms with Crippen molar-refractivity contribution < 1.29 is 0 Å². The van der Waals surface area contributed by atoms with E-state index in [1.165, 1.54) is 60.1 Å². The highest BCUT2D eigenvalue weighted by Crippen LogP contribution is 2.22. The molecule has 3 heteroatoms. The van der Waals surface area contributed by atoms with Gasteiger partial charge in [-0.25, -0.2) is 0 Å². The average Bonchev–Trinajstić information content (AvgIpc) is 2.59. The number of hydrogen-bond acceptors (Lipinski definition) is 2. The first-order chi connectivity index (χ1) is 9.19. The van der Waals surface area contributed by atoms with Crippen LogP contribution in [0.15, 0.2) is 18.2 Å². The summed E-state index contributed by atoms with van der Waals surface area (Å²) >= 11 is 2.38. The molecule has 1 N–H and O–H groups in total. The molecule has 1 aliphatic heterocycles. The van der Waals surface area contributed by atoms with E-state index in [1.54, 1.807) is 0 Å². The molecule has 1 aromatic carbocycles. The first kappa shape index (κ1) is 15.1. The molecule has 0 spiro atoms. The molecule has 1 unspecified atom stereocenters. The van der Waals surface area contributed by atoms with Crippen molar-refractivity contribution in [3.8, 4) is 0 Å². The van der Waals surface area contributed by atoms with Crippen LogP contribution in [0.4, 0.5) is 5.69 Å². The molecule has 2 nitrogen and oxygen atoms in total. The summed E-state index contributed by atoms with van der Waals surface area (Å²) in [5.74, 6) is 0. The van der Waals surface area contributed by atoms with Gasteiger partial charge in [0.05, 0.1) is 0 Å². The summed E-state index contributed by atoms with van der Waals surface area (Å²) in [6, 6.07) is 7.31. The number of halogens is 1. The van der Waals surface area contributed by atoms with Crippen LogP contribution in [0.25, 0.3) is 0 Å². The highest BCUT2D eigenvalue weighted by molar-refractivity contribution is 14.1. The molecular formula is C16H25IN2. The first-order valence-corrected chi connectivity index (χ1v) is 8.52. The van der Waals surface area contributed by atoms with Crippen molar-refractivity contribution >= 4 is 28.3 Å². The van der Waals surface area contributed by atoms with Gasteiger partial charge in [0.1, 0.15) is 0 Å². The number of benzene rings is 1. The monoisotopic (exact) mass is 372 g/mol. The van der Waals surface area contributed by atoms with Gasteiger partial charge in [0.2, 0.25) is 0 Å². The fourth-order valence-electron chi connectivity index (χ4n) is 2.85. The van der Waals surface area contributed by atoms with Gasteiger partial charge in [0.25, 0.3) is 0 Å². The Hall–Kier alpha value is -0.290. The van der Waals surface area contributed by atoms with Crippen LogP contribution >= 0.6 is 22.6 Å². The topological polar surface area (TPSA) is 15.3 Å². The zero-order chi connectivity index (χ0) is 13.7. The molecule has 0 radical (unpaired) electrons. The molecule has 1 aromatic rings. The molecule has 0 saturated carbocycles. The van der Waals surface area contributed by atoms with Crippen molar-refractivity contribution in [1.29, 1.82) is 0 Å². The lowest BCUT2D eigenvalue weighted by Crippen LogP contribution is -2.27. The molecule has 0 bridgehead atoms. The Morgan fingerprint density at radius 3 is 2.89 bits per heavy atom. The third-order valence-corrected chi connectivity index (χ3v) is 4.58. The summed E-state index contributed by atoms with van der Waals surface area (Å²) in [5.41, 5.74) is 2.68. The number of nitrogens with one attached hydrogen (secondary N) is 1. The van der Waals surface area contributed by atoms with E-state index in [-0.39, 0.29) is 0 Å². The summed E-state index contributed by atoms with van der Waals surface area (Å²) in [6.45, 7) is 8.25. The van der Waals surface area contributed by atoms with Crippen molar-refractivity contribution in [2.45, 2.75) is 45.6 Å². The van der Waals surface area contributed by atoms with Crippen LogP contribution < -0.4 is 5.32 Å². The largest absolute Gasteiger partial charge is 0.382 e. The van der Waals surface area contributed by atoms with Crippen LogP contribution in [0, 0.1) is 10.5 Å². The first-order valence-electron chi connectivity index (χ1n) is 7.44. The molecular weight excluding hydrogens is 347 g/mol. The smallest absolute Gasteiger partial charge is 0.0372 e. The number of likely N-dealkylation sites (tertiary alicyclic amines) is 1. The predicted octanol–water partition coefficient (Wildman–Crippen LogP) is 4.28. The molecule has 0 aromatic heterocycles. The molecule has 0 amide bonds. The molecule has 1 atom stereocenters. The van der Waals surface area contributed by atoms with E-state index < -0.39 is 0 Å². The lowest BCUT2D eigenvalue weighted by Gasteiger charge is -2.21. The summed E-state index contributed by atoms with van der Waals surface area (Å²) in [7, 11) is 0. The minimum absolute atomic E-state index is 0.639. The van der Waals surface area contributed by atoms with E-state index in [1.807, 2.05) is 0 Å². The van der Waals surface area contributed by atoms with Crippen LogP contribution in [0.3, 0.4) is 0 Å². The average molecular weight is 372 g/mol. The maximum Gasteiger partial charge on any atom is 0.0372 e. The Kier molecular flexibility index (Phi) is 5.95. The van der Waals surface area contributed by atoms with Gasteiger partial charge >= 0.3 is 0 Å². The third kappa shape index (κ3) is 4.63. The van der Waals surface area contributed by atoms with Gasteiger partial charge < -0.3 is 10.2 Å². The Balaban J connectivity index is 1.92. The minimum Gasteiger partial charge on any atom is -0.382 e. The fraction of sp³-hybridized carbons (Fsp3) is 0.625. The lowest BCUT2D eigenvalue weighted by atomic mass is 10.1. The van der Waals surface area contributed by atoms with Gasteiger partial charge in [-0.05, 0) is 92.0 Å². The summed E-state index contributed by atoms with van der Waals surface area (Å²) in [4.78, 5) is 2.61. The Morgan fingerprint density at radius 1 is 1.32 bits per heavy atom. The summed E-state index contributed by atoms with van der Waals surface area (Å²) in [6.07, 6.45) is 5.16. The Labute approximate surface area is 131 Å². The molecule has 2 rings (SSSR count). The van der Waals surface area contributed by atoms with E-state index in [4.69, 9.17) is 0 Å². The minimum atomic E-state index is 0.639. The van der Waals surface area contributed by atoms with Gasteiger partial charge in [-0.2, -0.15) is 0 Å². The van der Waals surface area contributed by atoms with Crippen molar-refractivity contribution in [1.82, 2.24) is 4.90 Å². The van der Waals surface area contributed by atoms with E-state index in [0.717, 1.165) is 0 Å². The predicted molar refractivity (Wildman–Crippen MR) is 91.9 cm³/mol. The molecule has 0 aliphatic carbocycles. The van der Waals surface area contributed by atoms with Gasteiger partial charge in [-0.15, -0.1) is 0 Å². The quantitative estimate of drug-likeness (QED) is 0.794. The van der Waals surface area contributed by atoms with Gasteiger partial charge in [-0.3, -0.25) is 0 Å². The molecule has 1 heterocycles. The Morgan fingerprint density at radius 2 is 2.16 bits per heavy atom. The maximum absolute atomic E-state index is 3.75. The van der Waals surface area contributed by atoms with E-state index in [9.17, 15) is 0 Å². The Bertz CT molecular complexity index is 406. The van der Waals surface area contributed by atoms with Gasteiger partial charge in [0.15, 0.2) is 0 Å². The van der Waals surface area contributed by atoms with Crippen molar-refractivity contribution in [3.05, 3.63) is 27.3 Å². The maximum atomic E-state index is 3.75. The number of nitrogens with zero attached hydrogens (tertiary/aromatic N) is 1. The highest BCUT2D eigenvalue weighted by Gasteiger charge is 2.16. The number of anilines is 1. The number of rotatable bonds is 4. The second-order valence-corrected chi connectivity index (χ2v) is 6.82. The molecule has 19 heavy (non-hydrogen) atoms. The fourth-order valence-corrected chi connectivity index (χ4v) is 3.50. The van der Waals surface area contributed by atoms with Crippen LogP contribution in [0.5, 0.6) is 0 Å². The van der Waals surface area contributed by atoms with Gasteiger partial charge in [0, 0.05) is 21.8 Å². The second kappa shape index (κ2) is 7.48. The summed E-state index contributed by atoms with van der Waals surface area (Å²) < 4.78 is 1.32. The van der Waals surface area contributed by atoms with Crippen LogP contribution in [0.1, 0.15) is 38.2 Å². The van der Waals surface area contributed by atoms with E-state index in [2.05, 4.69) is 64.9 Å². The van der Waals surface area contributed by atoms with Crippen molar-refractivity contribution in [3.63, 3.8) is 0 Å². The van der Waals surface area contributed by atoms with Crippen LogP contribution in [0.2, 0.25) is 0 Å². The van der Waals surface area contributed by atoms with Crippen LogP contribution in [-0.2, 0) is 0 Å². The molecule has 1 aliphatic rings. The zero-order valence-corrected chi connectivity index (χ0v) is 14.2. The molecule has 106 valence electrons. The normalized spacial score (nSPS) is 21.1. The second-order valence-electron chi connectivity index (χ2n) is 5.57. The highest BCUT2D eigenvalue weighted by atomic mass is 127. The lowest BCUT2D eigenvalue weighted by molar-refractivity contribution is 0.285. The van der Waals surface area contributed by atoms with Crippen molar-refractivity contribution in [2.75, 3.05) is 25.0 Å². The molecule has 1 fully saturated rings. The number of aryl methyl sites for hydroxylation is 1. The van der Waals surface area contributed by atoms with Gasteiger partial charge in [-0.1, -0.05) is 6.92 Å². The van der Waals surface area contributed by atoms with E-state index >= 15 is 0 Å².